The molecule has 2 aliphatic rings. The summed E-state index contributed by atoms with van der Waals surface area (Å²) in [6.07, 6.45) is 5.95. The zero-order chi connectivity index (χ0) is 12.8. The molecule has 2 saturated heterocycles. The van der Waals surface area contributed by atoms with Crippen molar-refractivity contribution in [3.8, 4) is 0 Å². The van der Waals surface area contributed by atoms with Crippen LogP contribution in [0.5, 0.6) is 0 Å². The fourth-order valence-corrected chi connectivity index (χ4v) is 3.80. The average molecular weight is 271 g/mol. The Morgan fingerprint density at radius 3 is 2.72 bits per heavy atom. The van der Waals surface area contributed by atoms with E-state index in [-0.39, 0.29) is 5.91 Å². The third kappa shape index (κ3) is 4.78. The Morgan fingerprint density at radius 1 is 1.28 bits per heavy atom. The van der Waals surface area contributed by atoms with Gasteiger partial charge in [0.15, 0.2) is 0 Å². The predicted octanol–water partition coefficient (Wildman–Crippen LogP) is 0.811. The number of likely N-dealkylation sites (tertiary alicyclic amines) is 1. The van der Waals surface area contributed by atoms with E-state index in [4.69, 9.17) is 5.73 Å². The van der Waals surface area contributed by atoms with Crippen LogP contribution in [-0.4, -0.2) is 54.0 Å². The van der Waals surface area contributed by atoms with E-state index in [2.05, 4.69) is 10.2 Å². The van der Waals surface area contributed by atoms with Crippen molar-refractivity contribution in [2.24, 2.45) is 5.73 Å². The number of hydrogen-bond acceptors (Lipinski definition) is 4. The second kappa shape index (κ2) is 7.36. The summed E-state index contributed by atoms with van der Waals surface area (Å²) < 4.78 is 0. The van der Waals surface area contributed by atoms with E-state index in [1.165, 1.54) is 25.0 Å². The number of nitrogens with zero attached hydrogens (tertiary/aromatic N) is 1. The minimum Gasteiger partial charge on any atom is -0.354 e. The molecule has 104 valence electrons. The highest BCUT2D eigenvalue weighted by atomic mass is 32.2. The molecule has 0 aromatic heterocycles. The first-order valence-corrected chi connectivity index (χ1v) is 8.15. The fraction of sp³-hybridized carbons (Fsp3) is 0.923. The smallest absolute Gasteiger partial charge is 0.234 e. The lowest BCUT2D eigenvalue weighted by molar-refractivity contribution is -0.122. The molecule has 1 amide bonds. The SMILES string of the molecule is NC1CCN(CC(=O)NCC2CCCCS2)CC1. The number of thioether (sulfide) groups is 1. The minimum absolute atomic E-state index is 0.177. The van der Waals surface area contributed by atoms with E-state index in [0.717, 1.165) is 32.5 Å². The molecule has 0 radical (unpaired) electrons. The normalized spacial score (nSPS) is 27.1. The summed E-state index contributed by atoms with van der Waals surface area (Å²) in [7, 11) is 0. The van der Waals surface area contributed by atoms with Crippen LogP contribution < -0.4 is 11.1 Å². The molecule has 0 bridgehead atoms. The Balaban J connectivity index is 1.59. The lowest BCUT2D eigenvalue weighted by Gasteiger charge is -2.29. The summed E-state index contributed by atoms with van der Waals surface area (Å²) in [5.41, 5.74) is 5.85. The summed E-state index contributed by atoms with van der Waals surface area (Å²) in [4.78, 5) is 14.1. The van der Waals surface area contributed by atoms with Crippen LogP contribution in [0.1, 0.15) is 32.1 Å². The van der Waals surface area contributed by atoms with E-state index in [0.29, 0.717) is 17.8 Å². The van der Waals surface area contributed by atoms with E-state index in [9.17, 15) is 4.79 Å². The number of hydrogen-bond donors (Lipinski definition) is 2. The highest BCUT2D eigenvalue weighted by Crippen LogP contribution is 2.24. The van der Waals surface area contributed by atoms with Crippen LogP contribution in [0.25, 0.3) is 0 Å². The number of nitrogens with two attached hydrogens (primary N) is 1. The Bertz CT molecular complexity index is 261. The highest BCUT2D eigenvalue weighted by molar-refractivity contribution is 7.99. The monoisotopic (exact) mass is 271 g/mol. The molecule has 2 rings (SSSR count). The van der Waals surface area contributed by atoms with E-state index < -0.39 is 0 Å². The van der Waals surface area contributed by atoms with E-state index in [1.54, 1.807) is 0 Å². The molecule has 0 aromatic rings. The third-order valence-corrected chi connectivity index (χ3v) is 5.20. The summed E-state index contributed by atoms with van der Waals surface area (Å²) >= 11 is 2.01. The molecule has 18 heavy (non-hydrogen) atoms. The molecule has 4 nitrogen and oxygen atoms in total. The van der Waals surface area contributed by atoms with Crippen LogP contribution in [0, 0.1) is 0 Å². The predicted molar refractivity (Wildman–Crippen MR) is 76.8 cm³/mol. The van der Waals surface area contributed by atoms with Crippen LogP contribution >= 0.6 is 11.8 Å². The van der Waals surface area contributed by atoms with Gasteiger partial charge >= 0.3 is 0 Å². The lowest BCUT2D eigenvalue weighted by atomic mass is 10.1. The molecule has 2 heterocycles. The number of rotatable bonds is 4. The van der Waals surface area contributed by atoms with Gasteiger partial charge in [0, 0.05) is 30.9 Å². The number of carbonyl (C=O) groups is 1. The largest absolute Gasteiger partial charge is 0.354 e. The Morgan fingerprint density at radius 2 is 2.06 bits per heavy atom. The molecule has 0 saturated carbocycles. The van der Waals surface area contributed by atoms with Crippen molar-refractivity contribution in [1.82, 2.24) is 10.2 Å². The molecule has 0 aliphatic carbocycles. The maximum Gasteiger partial charge on any atom is 0.234 e. The Hall–Kier alpha value is -0.260. The molecule has 2 aliphatic heterocycles. The summed E-state index contributed by atoms with van der Waals surface area (Å²) in [6, 6.07) is 0.336. The summed E-state index contributed by atoms with van der Waals surface area (Å²) in [6.45, 7) is 3.32. The summed E-state index contributed by atoms with van der Waals surface area (Å²) in [5, 5.41) is 3.71. The fourth-order valence-electron chi connectivity index (χ4n) is 2.57. The van der Waals surface area contributed by atoms with Crippen molar-refractivity contribution in [2.45, 2.75) is 43.4 Å². The van der Waals surface area contributed by atoms with Gasteiger partial charge in [0.25, 0.3) is 0 Å². The Labute approximate surface area is 114 Å². The van der Waals surface area contributed by atoms with Crippen LogP contribution in [-0.2, 0) is 4.79 Å². The molecular formula is C13H25N3OS. The van der Waals surface area contributed by atoms with Gasteiger partial charge in [-0.25, -0.2) is 0 Å². The van der Waals surface area contributed by atoms with Gasteiger partial charge < -0.3 is 11.1 Å². The van der Waals surface area contributed by atoms with E-state index >= 15 is 0 Å². The van der Waals surface area contributed by atoms with Gasteiger partial charge in [-0.1, -0.05) is 6.42 Å². The first kappa shape index (κ1) is 14.2. The van der Waals surface area contributed by atoms with Crippen molar-refractivity contribution < 1.29 is 4.79 Å². The maximum absolute atomic E-state index is 11.8. The molecule has 5 heteroatoms. The van der Waals surface area contributed by atoms with Gasteiger partial charge in [-0.2, -0.15) is 11.8 Å². The van der Waals surface area contributed by atoms with E-state index in [1.807, 2.05) is 11.8 Å². The van der Waals surface area contributed by atoms with Crippen molar-refractivity contribution in [2.75, 3.05) is 31.9 Å². The van der Waals surface area contributed by atoms with Crippen molar-refractivity contribution in [1.29, 1.82) is 0 Å². The number of nitrogens with one attached hydrogen (secondary N) is 1. The molecule has 1 atom stereocenters. The maximum atomic E-state index is 11.8. The van der Waals surface area contributed by atoms with Crippen LogP contribution in [0.15, 0.2) is 0 Å². The molecular weight excluding hydrogens is 246 g/mol. The highest BCUT2D eigenvalue weighted by Gasteiger charge is 2.19. The first-order valence-electron chi connectivity index (χ1n) is 7.10. The van der Waals surface area contributed by atoms with Crippen molar-refractivity contribution in [3.05, 3.63) is 0 Å². The molecule has 3 N–H and O–H groups in total. The molecule has 2 fully saturated rings. The van der Waals surface area contributed by atoms with Crippen molar-refractivity contribution >= 4 is 17.7 Å². The number of carbonyl (C=O) groups excluding carboxylic acids is 1. The van der Waals surface area contributed by atoms with Gasteiger partial charge in [-0.3, -0.25) is 9.69 Å². The minimum atomic E-state index is 0.177. The molecule has 0 spiro atoms. The molecule has 0 aromatic carbocycles. The standard InChI is InChI=1S/C13H25N3OS/c14-11-4-6-16(7-5-11)10-13(17)15-9-12-3-1-2-8-18-12/h11-12H,1-10,14H2,(H,15,17). The first-order chi connectivity index (χ1) is 8.74. The van der Waals surface area contributed by atoms with Gasteiger partial charge in [0.05, 0.1) is 6.54 Å². The van der Waals surface area contributed by atoms with Crippen molar-refractivity contribution in [3.63, 3.8) is 0 Å². The van der Waals surface area contributed by atoms with Gasteiger partial charge in [0.2, 0.25) is 5.91 Å². The third-order valence-electron chi connectivity index (χ3n) is 3.80. The zero-order valence-electron chi connectivity index (χ0n) is 11.1. The Kier molecular flexibility index (Phi) is 5.79. The van der Waals surface area contributed by atoms with Gasteiger partial charge in [-0.15, -0.1) is 0 Å². The quantitative estimate of drug-likeness (QED) is 0.794. The lowest BCUT2D eigenvalue weighted by Crippen LogP contribution is -2.45. The van der Waals surface area contributed by atoms with Crippen LogP contribution in [0.4, 0.5) is 0 Å². The number of piperidine rings is 1. The summed E-state index contributed by atoms with van der Waals surface area (Å²) in [5.74, 6) is 1.43. The van der Waals surface area contributed by atoms with Gasteiger partial charge in [-0.05, 0) is 31.4 Å². The van der Waals surface area contributed by atoms with Gasteiger partial charge in [0.1, 0.15) is 0 Å². The second-order valence-electron chi connectivity index (χ2n) is 5.41. The second-order valence-corrected chi connectivity index (χ2v) is 6.81. The number of amides is 1. The zero-order valence-corrected chi connectivity index (χ0v) is 11.9. The van der Waals surface area contributed by atoms with Crippen LogP contribution in [0.3, 0.4) is 0 Å². The topological polar surface area (TPSA) is 58.4 Å². The van der Waals surface area contributed by atoms with Crippen LogP contribution in [0.2, 0.25) is 0 Å². The molecule has 1 unspecified atom stereocenters. The average Bonchev–Trinajstić information content (AvgIpc) is 2.40.